The lowest BCUT2D eigenvalue weighted by Crippen LogP contribution is -2.25. The van der Waals surface area contributed by atoms with Gasteiger partial charge in [-0.2, -0.15) is 0 Å². The van der Waals surface area contributed by atoms with Crippen molar-refractivity contribution in [2.45, 2.75) is 37.0 Å². The summed E-state index contributed by atoms with van der Waals surface area (Å²) in [4.78, 5) is 12.0. The fourth-order valence-electron chi connectivity index (χ4n) is 2.61. The zero-order valence-electron chi connectivity index (χ0n) is 13.2. The van der Waals surface area contributed by atoms with Gasteiger partial charge in [-0.1, -0.05) is 11.6 Å². The van der Waals surface area contributed by atoms with Crippen LogP contribution in [-0.4, -0.2) is 28.0 Å². The highest BCUT2D eigenvalue weighted by atomic mass is 32.2. The molecule has 3 N–H and O–H groups in total. The molecule has 2 rings (SSSR count). The molecule has 0 saturated carbocycles. The zero-order chi connectivity index (χ0) is 16.9. The van der Waals surface area contributed by atoms with Gasteiger partial charge in [0, 0.05) is 12.1 Å². The highest BCUT2D eigenvalue weighted by Crippen LogP contribution is 2.24. The van der Waals surface area contributed by atoms with E-state index in [2.05, 4.69) is 11.4 Å². The second-order valence-electron chi connectivity index (χ2n) is 5.52. The molecule has 1 aromatic rings. The van der Waals surface area contributed by atoms with Crippen molar-refractivity contribution in [3.63, 3.8) is 0 Å². The van der Waals surface area contributed by atoms with Gasteiger partial charge in [-0.3, -0.25) is 4.79 Å². The van der Waals surface area contributed by atoms with Gasteiger partial charge in [0.2, 0.25) is 10.0 Å². The van der Waals surface area contributed by atoms with Crippen LogP contribution in [0, 0.1) is 0 Å². The number of hydrogen-bond acceptors (Lipinski definition) is 4. The summed E-state index contributed by atoms with van der Waals surface area (Å²) in [6.45, 7) is 0.529. The summed E-state index contributed by atoms with van der Waals surface area (Å²) < 4.78 is 28.1. The van der Waals surface area contributed by atoms with Crippen molar-refractivity contribution < 1.29 is 17.9 Å². The number of benzene rings is 1. The summed E-state index contributed by atoms with van der Waals surface area (Å²) in [6.07, 6.45) is 7.70. The fourth-order valence-corrected chi connectivity index (χ4v) is 3.33. The van der Waals surface area contributed by atoms with Gasteiger partial charge in [0.25, 0.3) is 5.91 Å². The molecule has 0 aromatic heterocycles. The van der Waals surface area contributed by atoms with Gasteiger partial charge in [-0.05, 0) is 50.3 Å². The molecule has 0 fully saturated rings. The molecule has 0 aliphatic heterocycles. The number of sulfonamides is 1. The summed E-state index contributed by atoms with van der Waals surface area (Å²) in [7, 11) is -2.60. The van der Waals surface area contributed by atoms with Crippen molar-refractivity contribution in [2.75, 3.05) is 13.7 Å². The first-order chi connectivity index (χ1) is 10.9. The van der Waals surface area contributed by atoms with E-state index in [1.807, 2.05) is 0 Å². The number of nitrogens with two attached hydrogens (primary N) is 1. The van der Waals surface area contributed by atoms with Gasteiger partial charge in [0.15, 0.2) is 0 Å². The highest BCUT2D eigenvalue weighted by molar-refractivity contribution is 7.89. The van der Waals surface area contributed by atoms with Gasteiger partial charge in [0.1, 0.15) is 10.6 Å². The Bertz CT molecular complexity index is 711. The summed E-state index contributed by atoms with van der Waals surface area (Å²) in [5, 5.41) is 7.96. The van der Waals surface area contributed by atoms with Crippen LogP contribution < -0.4 is 15.2 Å². The summed E-state index contributed by atoms with van der Waals surface area (Å²) in [6, 6.07) is 4.18. The third-order valence-corrected chi connectivity index (χ3v) is 4.78. The van der Waals surface area contributed by atoms with E-state index in [1.54, 1.807) is 0 Å². The average molecular weight is 338 g/mol. The predicted molar refractivity (Wildman–Crippen MR) is 87.9 cm³/mol. The Morgan fingerprint density at radius 3 is 2.74 bits per heavy atom. The zero-order valence-corrected chi connectivity index (χ0v) is 14.0. The second kappa shape index (κ2) is 7.61. The molecule has 1 aliphatic carbocycles. The van der Waals surface area contributed by atoms with Gasteiger partial charge in [0.05, 0.1) is 7.11 Å². The van der Waals surface area contributed by atoms with E-state index in [0.717, 1.165) is 19.3 Å². The van der Waals surface area contributed by atoms with Crippen LogP contribution in [0.25, 0.3) is 0 Å². The van der Waals surface area contributed by atoms with Crippen molar-refractivity contribution in [2.24, 2.45) is 5.14 Å². The largest absolute Gasteiger partial charge is 0.495 e. The summed E-state index contributed by atoms with van der Waals surface area (Å²) in [5.74, 6) is -0.203. The van der Waals surface area contributed by atoms with Gasteiger partial charge < -0.3 is 10.1 Å². The topological polar surface area (TPSA) is 98.5 Å². The lowest BCUT2D eigenvalue weighted by atomic mass is 9.97. The number of allylic oxidation sites excluding steroid dienone is 1. The normalized spacial score (nSPS) is 15.0. The van der Waals surface area contributed by atoms with Crippen LogP contribution in [0.3, 0.4) is 0 Å². The molecule has 1 amide bonds. The number of carbonyl (C=O) groups excluding carboxylic acids is 1. The minimum absolute atomic E-state index is 0.122. The van der Waals surface area contributed by atoms with Crippen LogP contribution in [0.5, 0.6) is 5.75 Å². The van der Waals surface area contributed by atoms with Crippen molar-refractivity contribution in [3.05, 3.63) is 35.4 Å². The first-order valence-corrected chi connectivity index (χ1v) is 9.13. The Labute approximate surface area is 136 Å². The Morgan fingerprint density at radius 1 is 1.35 bits per heavy atom. The molecule has 1 aliphatic rings. The number of ether oxygens (including phenoxy) is 1. The van der Waals surface area contributed by atoms with Gasteiger partial charge in [-0.15, -0.1) is 0 Å². The first kappa shape index (κ1) is 17.5. The number of nitrogens with one attached hydrogen (secondary N) is 1. The third-order valence-electron chi connectivity index (χ3n) is 3.85. The molecule has 0 heterocycles. The molecule has 7 heteroatoms. The molecule has 0 unspecified atom stereocenters. The van der Waals surface area contributed by atoms with E-state index in [4.69, 9.17) is 9.88 Å². The molecule has 6 nitrogen and oxygen atoms in total. The smallest absolute Gasteiger partial charge is 0.251 e. The number of primary sulfonamides is 1. The molecule has 0 spiro atoms. The fraction of sp³-hybridized carbons (Fsp3) is 0.438. The lowest BCUT2D eigenvalue weighted by Gasteiger charge is -2.13. The standard InChI is InChI=1S/C16H22N2O4S/c1-22-14-8-7-13(11-15(14)23(17,20)21)16(19)18-10-9-12-5-3-2-4-6-12/h5,7-8,11H,2-4,6,9-10H2,1H3,(H,18,19)(H2,17,20,21). The molecular formula is C16H22N2O4S. The van der Waals surface area contributed by atoms with Crippen molar-refractivity contribution in [1.82, 2.24) is 5.32 Å². The minimum Gasteiger partial charge on any atom is -0.495 e. The van der Waals surface area contributed by atoms with E-state index in [1.165, 1.54) is 43.7 Å². The monoisotopic (exact) mass is 338 g/mol. The van der Waals surface area contributed by atoms with E-state index in [0.29, 0.717) is 6.54 Å². The third kappa shape index (κ3) is 4.80. The molecule has 23 heavy (non-hydrogen) atoms. The minimum atomic E-state index is -3.95. The van der Waals surface area contributed by atoms with E-state index in [9.17, 15) is 13.2 Å². The molecule has 0 saturated heterocycles. The van der Waals surface area contributed by atoms with E-state index in [-0.39, 0.29) is 22.1 Å². The van der Waals surface area contributed by atoms with Crippen molar-refractivity contribution >= 4 is 15.9 Å². The Morgan fingerprint density at radius 2 is 2.13 bits per heavy atom. The molecule has 126 valence electrons. The van der Waals surface area contributed by atoms with Crippen LogP contribution in [0.1, 0.15) is 42.5 Å². The Balaban J connectivity index is 2.03. The first-order valence-electron chi connectivity index (χ1n) is 7.59. The average Bonchev–Trinajstić information content (AvgIpc) is 2.54. The molecular weight excluding hydrogens is 316 g/mol. The van der Waals surface area contributed by atoms with Crippen LogP contribution in [0.2, 0.25) is 0 Å². The van der Waals surface area contributed by atoms with Gasteiger partial charge in [-0.25, -0.2) is 13.6 Å². The maximum absolute atomic E-state index is 12.2. The Kier molecular flexibility index (Phi) is 5.79. The molecule has 1 aromatic carbocycles. The second-order valence-corrected chi connectivity index (χ2v) is 7.05. The quantitative estimate of drug-likeness (QED) is 0.775. The highest BCUT2D eigenvalue weighted by Gasteiger charge is 2.18. The van der Waals surface area contributed by atoms with Gasteiger partial charge >= 0.3 is 0 Å². The maximum Gasteiger partial charge on any atom is 0.251 e. The summed E-state index contributed by atoms with van der Waals surface area (Å²) >= 11 is 0. The molecule has 0 atom stereocenters. The number of methoxy groups -OCH3 is 1. The number of hydrogen-bond donors (Lipinski definition) is 2. The summed E-state index contributed by atoms with van der Waals surface area (Å²) in [5.41, 5.74) is 1.61. The predicted octanol–water partition coefficient (Wildman–Crippen LogP) is 1.96. The van der Waals surface area contributed by atoms with E-state index >= 15 is 0 Å². The lowest BCUT2D eigenvalue weighted by molar-refractivity contribution is 0.0953. The van der Waals surface area contributed by atoms with Crippen LogP contribution in [-0.2, 0) is 10.0 Å². The molecule has 0 bridgehead atoms. The maximum atomic E-state index is 12.2. The molecule has 0 radical (unpaired) electrons. The van der Waals surface area contributed by atoms with Crippen LogP contribution >= 0.6 is 0 Å². The van der Waals surface area contributed by atoms with Crippen LogP contribution in [0.4, 0.5) is 0 Å². The Hall–Kier alpha value is -1.86. The van der Waals surface area contributed by atoms with Crippen LogP contribution in [0.15, 0.2) is 34.7 Å². The van der Waals surface area contributed by atoms with E-state index < -0.39 is 10.0 Å². The van der Waals surface area contributed by atoms with Crippen molar-refractivity contribution in [1.29, 1.82) is 0 Å². The number of rotatable bonds is 6. The van der Waals surface area contributed by atoms with Crippen molar-refractivity contribution in [3.8, 4) is 5.75 Å². The SMILES string of the molecule is COc1ccc(C(=O)NCCC2=CCCCC2)cc1S(N)(=O)=O. The number of carbonyl (C=O) groups is 1. The number of amides is 1.